The van der Waals surface area contributed by atoms with Gasteiger partial charge in [0.15, 0.2) is 11.1 Å². The van der Waals surface area contributed by atoms with Crippen molar-refractivity contribution in [3.8, 4) is 0 Å². The van der Waals surface area contributed by atoms with Gasteiger partial charge in [-0.3, -0.25) is 0 Å². The fourth-order valence-electron chi connectivity index (χ4n) is 1.15. The Morgan fingerprint density at radius 1 is 1.46 bits per heavy atom. The molecule has 0 aromatic heterocycles. The number of rotatable bonds is 3. The van der Waals surface area contributed by atoms with E-state index in [1.165, 1.54) is 0 Å². The second-order valence-corrected chi connectivity index (χ2v) is 4.09. The maximum atomic E-state index is 11.0. The molecule has 0 aliphatic carbocycles. The second-order valence-electron chi connectivity index (χ2n) is 2.86. The quantitative estimate of drug-likeness (QED) is 0.724. The lowest BCUT2D eigenvalue weighted by Gasteiger charge is -2.23. The van der Waals surface area contributed by atoms with Crippen molar-refractivity contribution in [2.45, 2.75) is 18.2 Å². The summed E-state index contributed by atoms with van der Waals surface area (Å²) in [4.78, 5) is -1.14. The Bertz CT molecular complexity index is 302. The molecule has 2 unspecified atom stereocenters. The lowest BCUT2D eigenvalue weighted by atomic mass is 10.1. The summed E-state index contributed by atoms with van der Waals surface area (Å²) in [6, 6.07) is 8.98. The molecule has 3 N–H and O–H groups in total. The highest BCUT2D eigenvalue weighted by Gasteiger charge is 2.31. The van der Waals surface area contributed by atoms with Gasteiger partial charge in [0.05, 0.1) is 0 Å². The van der Waals surface area contributed by atoms with Gasteiger partial charge in [0.25, 0.3) is 0 Å². The Hall–Kier alpha value is -0.710. The molecule has 0 radical (unpaired) electrons. The van der Waals surface area contributed by atoms with Gasteiger partial charge < -0.3 is 10.3 Å². The van der Waals surface area contributed by atoms with Crippen LogP contribution in [0, 0.1) is 0 Å². The molecule has 1 aromatic carbocycles. The third kappa shape index (κ3) is 1.96. The molecule has 0 aliphatic heterocycles. The van der Waals surface area contributed by atoms with Crippen LogP contribution in [0.4, 0.5) is 0 Å². The molecule has 0 bridgehead atoms. The molecule has 0 aliphatic rings. The summed E-state index contributed by atoms with van der Waals surface area (Å²) >= 11 is -2.04. The van der Waals surface area contributed by atoms with Gasteiger partial charge in [0.1, 0.15) is 4.87 Å². The van der Waals surface area contributed by atoms with Gasteiger partial charge in [0, 0.05) is 0 Å². The largest absolute Gasteiger partial charge is 0.309 e. The zero-order valence-corrected chi connectivity index (χ0v) is 8.25. The predicted octanol–water partition coefficient (Wildman–Crippen LogP) is 1.43. The minimum Gasteiger partial charge on any atom is -0.309 e. The zero-order chi connectivity index (χ0) is 9.90. The fourth-order valence-corrected chi connectivity index (χ4v) is 1.73. The molecule has 0 saturated heterocycles. The average molecular weight is 199 g/mol. The van der Waals surface area contributed by atoms with Crippen LogP contribution in [0.3, 0.4) is 0 Å². The van der Waals surface area contributed by atoms with Crippen LogP contribution in [0.1, 0.15) is 18.9 Å². The van der Waals surface area contributed by atoms with Crippen molar-refractivity contribution in [2.75, 3.05) is 0 Å². The standard InChI is InChI=1S/C9H13NO2S/c1-2-9(10,13(11)12)8-6-4-3-5-7-8/h3-7H,2,10H2,1H3,(H,11,12). The first-order chi connectivity index (χ1) is 6.11. The Kier molecular flexibility index (Phi) is 3.19. The topological polar surface area (TPSA) is 63.3 Å². The van der Waals surface area contributed by atoms with Crippen LogP contribution in [0.2, 0.25) is 0 Å². The van der Waals surface area contributed by atoms with Crippen molar-refractivity contribution in [3.63, 3.8) is 0 Å². The molecule has 0 saturated carbocycles. The van der Waals surface area contributed by atoms with Crippen molar-refractivity contribution in [1.29, 1.82) is 0 Å². The summed E-state index contributed by atoms with van der Waals surface area (Å²) in [5.74, 6) is 0. The summed E-state index contributed by atoms with van der Waals surface area (Å²) in [5.41, 5.74) is 6.50. The maximum Gasteiger partial charge on any atom is 0.178 e. The summed E-state index contributed by atoms with van der Waals surface area (Å²) < 4.78 is 20.1. The molecule has 0 heterocycles. The number of benzene rings is 1. The molecule has 0 spiro atoms. The molecule has 1 rings (SSSR count). The molecule has 13 heavy (non-hydrogen) atoms. The molecular formula is C9H13NO2S. The Balaban J connectivity index is 3.11. The van der Waals surface area contributed by atoms with Crippen LogP contribution in [-0.2, 0) is 16.0 Å². The maximum absolute atomic E-state index is 11.0. The van der Waals surface area contributed by atoms with Gasteiger partial charge in [-0.2, -0.15) is 0 Å². The van der Waals surface area contributed by atoms with E-state index >= 15 is 0 Å². The van der Waals surface area contributed by atoms with E-state index in [9.17, 15) is 4.21 Å². The van der Waals surface area contributed by atoms with Gasteiger partial charge in [-0.25, -0.2) is 4.21 Å². The first-order valence-electron chi connectivity index (χ1n) is 4.06. The molecule has 4 heteroatoms. The SMILES string of the molecule is CCC(N)(c1ccccc1)S(=O)O. The van der Waals surface area contributed by atoms with E-state index < -0.39 is 16.0 Å². The highest BCUT2D eigenvalue weighted by atomic mass is 32.2. The second kappa shape index (κ2) is 4.00. The van der Waals surface area contributed by atoms with Crippen molar-refractivity contribution in [3.05, 3.63) is 35.9 Å². The molecule has 1 aromatic rings. The normalized spacial score (nSPS) is 17.8. The van der Waals surface area contributed by atoms with E-state index in [0.29, 0.717) is 12.0 Å². The Morgan fingerprint density at radius 3 is 2.38 bits per heavy atom. The van der Waals surface area contributed by atoms with E-state index in [-0.39, 0.29) is 0 Å². The Labute approximate surface area is 80.2 Å². The van der Waals surface area contributed by atoms with Gasteiger partial charge >= 0.3 is 0 Å². The minimum absolute atomic E-state index is 0.431. The zero-order valence-electron chi connectivity index (χ0n) is 7.43. The molecule has 0 fully saturated rings. The average Bonchev–Trinajstić information content (AvgIpc) is 2.17. The van der Waals surface area contributed by atoms with Crippen LogP contribution in [-0.4, -0.2) is 8.76 Å². The van der Waals surface area contributed by atoms with E-state index in [4.69, 9.17) is 10.3 Å². The van der Waals surface area contributed by atoms with Crippen LogP contribution in [0.5, 0.6) is 0 Å². The van der Waals surface area contributed by atoms with Gasteiger partial charge in [-0.05, 0) is 12.0 Å². The lowest BCUT2D eigenvalue weighted by Crippen LogP contribution is -2.40. The van der Waals surface area contributed by atoms with Crippen molar-refractivity contribution in [1.82, 2.24) is 0 Å². The lowest BCUT2D eigenvalue weighted by molar-refractivity contribution is 0.490. The van der Waals surface area contributed by atoms with Crippen LogP contribution >= 0.6 is 0 Å². The number of hydrogen-bond donors (Lipinski definition) is 2. The van der Waals surface area contributed by atoms with E-state index in [2.05, 4.69) is 0 Å². The van der Waals surface area contributed by atoms with Gasteiger partial charge in [-0.1, -0.05) is 37.3 Å². The highest BCUT2D eigenvalue weighted by Crippen LogP contribution is 2.24. The number of nitrogens with two attached hydrogens (primary N) is 1. The first-order valence-corrected chi connectivity index (χ1v) is 5.17. The first kappa shape index (κ1) is 10.4. The Morgan fingerprint density at radius 2 is 2.00 bits per heavy atom. The third-order valence-corrected chi connectivity index (χ3v) is 3.25. The fraction of sp³-hybridized carbons (Fsp3) is 0.333. The van der Waals surface area contributed by atoms with Gasteiger partial charge in [-0.15, -0.1) is 0 Å². The number of hydrogen-bond acceptors (Lipinski definition) is 2. The van der Waals surface area contributed by atoms with Crippen LogP contribution in [0.25, 0.3) is 0 Å². The summed E-state index contributed by atoms with van der Waals surface area (Å²) in [6.45, 7) is 1.79. The summed E-state index contributed by atoms with van der Waals surface area (Å²) in [7, 11) is 0. The molecule has 3 nitrogen and oxygen atoms in total. The highest BCUT2D eigenvalue weighted by molar-refractivity contribution is 7.80. The van der Waals surface area contributed by atoms with Crippen LogP contribution in [0.15, 0.2) is 30.3 Å². The molecule has 0 amide bonds. The van der Waals surface area contributed by atoms with Crippen molar-refractivity contribution >= 4 is 11.1 Å². The van der Waals surface area contributed by atoms with E-state index in [0.717, 1.165) is 0 Å². The van der Waals surface area contributed by atoms with Crippen LogP contribution < -0.4 is 5.73 Å². The summed E-state index contributed by atoms with van der Waals surface area (Å²) in [5, 5.41) is 0. The van der Waals surface area contributed by atoms with E-state index in [1.54, 1.807) is 31.2 Å². The molecular weight excluding hydrogens is 186 g/mol. The van der Waals surface area contributed by atoms with Gasteiger partial charge in [0.2, 0.25) is 0 Å². The molecule has 72 valence electrons. The summed E-state index contributed by atoms with van der Waals surface area (Å²) in [6.07, 6.45) is 0.431. The van der Waals surface area contributed by atoms with Crippen molar-refractivity contribution in [2.24, 2.45) is 5.73 Å². The predicted molar refractivity (Wildman–Crippen MR) is 53.4 cm³/mol. The monoisotopic (exact) mass is 199 g/mol. The van der Waals surface area contributed by atoms with E-state index in [1.807, 2.05) is 6.07 Å². The third-order valence-electron chi connectivity index (χ3n) is 2.10. The van der Waals surface area contributed by atoms with Crippen molar-refractivity contribution < 1.29 is 8.76 Å². The molecule has 2 atom stereocenters. The minimum atomic E-state index is -2.04. The smallest absolute Gasteiger partial charge is 0.178 e.